The van der Waals surface area contributed by atoms with Gasteiger partial charge in [-0.25, -0.2) is 17.9 Å². The molecule has 9 aromatic carbocycles. The molecule has 6 aliphatic heterocycles. The van der Waals surface area contributed by atoms with Gasteiger partial charge < -0.3 is 108 Å². The molecule has 6 aliphatic rings. The summed E-state index contributed by atoms with van der Waals surface area (Å²) in [4.78, 5) is 14.1. The van der Waals surface area contributed by atoms with Gasteiger partial charge in [-0.1, -0.05) is 365 Å². The molecule has 0 radical (unpaired) electrons. The minimum atomic E-state index is -4.81. The van der Waals surface area contributed by atoms with E-state index in [1.54, 1.807) is 24.5 Å². The monoisotopic (exact) mass is 2110 g/mol. The summed E-state index contributed by atoms with van der Waals surface area (Å²) < 4.78 is 199. The minimum absolute atomic E-state index is 0.00400. The van der Waals surface area contributed by atoms with Crippen LogP contribution in [0.1, 0.15) is 148 Å². The molecule has 0 aliphatic carbocycles. The maximum atomic E-state index is 16.4. The second-order valence-electron chi connectivity index (χ2n) is 42.9. The van der Waals surface area contributed by atoms with Crippen LogP contribution in [-0.2, 0) is 166 Å². The van der Waals surface area contributed by atoms with E-state index in [-0.39, 0.29) is 124 Å². The number of aliphatic hydroxyl groups is 1. The highest BCUT2D eigenvalue weighted by atomic mass is 32.2. The predicted octanol–water partition coefficient (Wildman–Crippen LogP) is 21.3. The first-order valence-corrected chi connectivity index (χ1v) is 61.2. The summed E-state index contributed by atoms with van der Waals surface area (Å²) in [6.45, 7) is 36.3. The predicted molar refractivity (Wildman–Crippen MR) is 569 cm³/mol. The smallest absolute Gasteiger partial charge is 0.493 e. The average molecular weight is 2110 g/mol. The molecule has 0 amide bonds. The van der Waals surface area contributed by atoms with Crippen LogP contribution in [0.5, 0.6) is 0 Å². The topological polar surface area (TPSA) is 287 Å². The summed E-state index contributed by atoms with van der Waals surface area (Å²) in [6.07, 6.45) is -27.0. The Balaban J connectivity index is 0.930. The molecule has 148 heavy (non-hydrogen) atoms. The number of carbonyl (C=O) groups is 1. The maximum absolute atomic E-state index is 16.4. The maximum Gasteiger partial charge on any atom is 0.509 e. The Morgan fingerprint density at radius 3 is 1.07 bits per heavy atom. The van der Waals surface area contributed by atoms with Crippen LogP contribution >= 0.6 is 0 Å². The zero-order valence-corrected chi connectivity index (χ0v) is 92.4. The molecule has 0 saturated carbocycles. The molecule has 6 heterocycles. The lowest BCUT2D eigenvalue weighted by Crippen LogP contribution is -2.71. The molecule has 2 N–H and O–H groups in total. The van der Waals surface area contributed by atoms with Crippen molar-refractivity contribution in [3.8, 4) is 0 Å². The molecule has 23 atom stereocenters. The molecule has 27 nitrogen and oxygen atoms in total. The van der Waals surface area contributed by atoms with Gasteiger partial charge in [0.25, 0.3) is 0 Å². The fourth-order valence-electron chi connectivity index (χ4n) is 21.5. The highest BCUT2D eigenvalue weighted by molar-refractivity contribution is 7.89. The van der Waals surface area contributed by atoms with E-state index in [9.17, 15) is 9.90 Å². The van der Waals surface area contributed by atoms with Crippen LogP contribution in [0.2, 0.25) is 51.4 Å². The van der Waals surface area contributed by atoms with Crippen LogP contribution < -0.4 is 4.72 Å². The van der Waals surface area contributed by atoms with E-state index in [4.69, 9.17) is 103 Å². The van der Waals surface area contributed by atoms with Gasteiger partial charge in [-0.15, -0.1) is 0 Å². The zero-order chi connectivity index (χ0) is 105. The Kier molecular flexibility index (Phi) is 41.0. The second kappa shape index (κ2) is 53.4. The lowest BCUT2D eigenvalue weighted by atomic mass is 9.94. The van der Waals surface area contributed by atoms with Crippen molar-refractivity contribution in [2.24, 2.45) is 0 Å². The molecule has 5 saturated heterocycles. The molecule has 9 aromatic rings. The van der Waals surface area contributed by atoms with E-state index in [1.807, 2.05) is 249 Å². The number of aliphatic hydroxyl groups excluding tert-OH is 1. The van der Waals surface area contributed by atoms with Gasteiger partial charge in [-0.05, 0) is 114 Å². The van der Waals surface area contributed by atoms with E-state index >= 15 is 8.42 Å². The molecular weight excluding hydrogens is 1950 g/mol. The van der Waals surface area contributed by atoms with Crippen LogP contribution in [0.25, 0.3) is 0 Å². The first-order chi connectivity index (χ1) is 71.3. The highest BCUT2D eigenvalue weighted by Crippen LogP contribution is 2.49. The SMILES string of the molecule is CC(C)[Si](OC[C@H]1O[C@@H](O[C@H]2[C@@H](OCc3ccccc3)[C@@H](COCc3ccccc3)O[C@H](O[C@@H]3[C@H](OCc4ccccc4)[C@@H](OCc4ccccc4)[C@H](O[C@H]4[C@H](OCc5ccccc5)C=CO[C@@H]4COCc4ccccc4)O[C@@H]3COCc3ccccc3)[C@@H]2OCc2ccccc2)[C@H](NS(=O)(=O)c2ccccc2)[C@@H](O[C@@H]2O[C@H](CO[Si](C(C)C)(C(C)C)C(C)C)[C@@H]3OC(=O)O[C@@H]3[C@H]2O[Si](C)(C)C(C)(C)C)[C@H]1O)(C(C)C)C(C)C. The van der Waals surface area contributed by atoms with Crippen molar-refractivity contribution in [2.75, 3.05) is 33.0 Å². The number of fused-ring (bicyclic) bond motifs is 1. The van der Waals surface area contributed by atoms with Gasteiger partial charge in [-0.2, -0.15) is 0 Å². The lowest BCUT2D eigenvalue weighted by Gasteiger charge is -2.53. The first kappa shape index (κ1) is 114. The van der Waals surface area contributed by atoms with Gasteiger partial charge in [0.2, 0.25) is 10.0 Å². The second-order valence-corrected chi connectivity index (χ2v) is 60.2. The normalized spacial score (nSPS) is 27.2. The third-order valence-electron chi connectivity index (χ3n) is 29.9. The van der Waals surface area contributed by atoms with E-state index in [0.717, 1.165) is 44.5 Å². The van der Waals surface area contributed by atoms with Gasteiger partial charge >= 0.3 is 6.16 Å². The number of hydrogen-bond donors (Lipinski definition) is 2. The van der Waals surface area contributed by atoms with Gasteiger partial charge in [0.1, 0.15) is 97.6 Å². The Labute approximate surface area is 878 Å². The number of carbonyl (C=O) groups excluding carboxylic acids is 1. The van der Waals surface area contributed by atoms with Crippen molar-refractivity contribution in [3.05, 3.63) is 330 Å². The van der Waals surface area contributed by atoms with Crippen LogP contribution in [-0.4, -0.2) is 219 Å². The Morgan fingerprint density at radius 1 is 0.338 bits per heavy atom. The number of benzene rings is 9. The van der Waals surface area contributed by atoms with Crippen molar-refractivity contribution in [3.63, 3.8) is 0 Å². The Hall–Kier alpha value is -8.45. The quantitative estimate of drug-likeness (QED) is 0.0264. The fraction of sp³-hybridized carbons (Fsp3) is 0.513. The van der Waals surface area contributed by atoms with Gasteiger partial charge in [0.05, 0.1) is 97.0 Å². The molecule has 802 valence electrons. The summed E-state index contributed by atoms with van der Waals surface area (Å²) in [7, 11) is -13.6. The summed E-state index contributed by atoms with van der Waals surface area (Å²) in [5.74, 6) is 0. The third-order valence-corrected chi connectivity index (χ3v) is 48.0. The van der Waals surface area contributed by atoms with Gasteiger partial charge in [-0.3, -0.25) is 0 Å². The molecule has 5 fully saturated rings. The van der Waals surface area contributed by atoms with Crippen LogP contribution in [0.15, 0.2) is 290 Å². The number of nitrogens with one attached hydrogen (secondary N) is 1. The fourth-order valence-corrected chi connectivity index (χ4v) is 34.9. The molecule has 0 bridgehead atoms. The standard InChI is InChI=1S/C117H155NO26SSi3/c1-78(2)147(79(3)4,80(5)6)132-76-94-100(119)105(140-115-111(144-146(16,17)117(13,14)15)108-104(142-116(120)143-108)98(137-115)77-133-148(81(7)8,82(9)10)83(11)12)99(118-145(121,122)92-61-43-26-44-62-92)112(134-94)141-107-102(128-69-88-53-35-22-36-54-88)96(74-124-66-85-47-29-19-30-48-85)135-114(110(107)131-72-91-59-41-25-42-60-91)139-103-97(75-125-67-86-49-31-20-32-50-86)136-113(109(130-71-90-57-39-24-40-58-90)106(103)129-70-89-55-37-23-38-56-89)138-101-93(127-68-87-51-33-21-34-52-87)63-64-126-95(101)73-123-65-84-45-27-18-28-46-84/h18-64,78-83,93-115,118-119H,65-77H2,1-17H3/t93-,94-,95-,96-,97-,98-,99-,100+,101+,102+,103+,104+,105-,106+,107+,108+,109-,110-,111-,112+,113+,114-,115+/m1/s1. The highest BCUT2D eigenvalue weighted by Gasteiger charge is 2.64. The minimum Gasteiger partial charge on any atom is -0.493 e. The van der Waals surface area contributed by atoms with Crippen molar-refractivity contribution >= 4 is 41.1 Å². The van der Waals surface area contributed by atoms with E-state index in [2.05, 4.69) is 122 Å². The van der Waals surface area contributed by atoms with Crippen molar-refractivity contribution in [2.45, 2.75) is 354 Å². The first-order valence-electron chi connectivity index (χ1n) is 52.5. The van der Waals surface area contributed by atoms with Gasteiger partial charge in [0.15, 0.2) is 68.4 Å². The number of ether oxygens (including phenoxy) is 19. The summed E-state index contributed by atoms with van der Waals surface area (Å²) in [6, 6.07) is 84.3. The van der Waals surface area contributed by atoms with E-state index in [1.165, 1.54) is 12.1 Å². The van der Waals surface area contributed by atoms with Crippen LogP contribution in [0.3, 0.4) is 0 Å². The van der Waals surface area contributed by atoms with Crippen LogP contribution in [0, 0.1) is 0 Å². The van der Waals surface area contributed by atoms with Crippen LogP contribution in [0.4, 0.5) is 4.79 Å². The number of sulfonamides is 1. The molecule has 0 aromatic heterocycles. The average Bonchev–Trinajstić information content (AvgIpc) is 1.40. The summed E-state index contributed by atoms with van der Waals surface area (Å²) >= 11 is 0. The van der Waals surface area contributed by atoms with E-state index < -0.39 is 187 Å². The van der Waals surface area contributed by atoms with Crippen molar-refractivity contribution in [1.29, 1.82) is 0 Å². The molecule has 0 spiro atoms. The lowest BCUT2D eigenvalue weighted by molar-refractivity contribution is -0.394. The number of rotatable bonds is 52. The van der Waals surface area contributed by atoms with E-state index in [0.29, 0.717) is 0 Å². The Bertz CT molecular complexity index is 5520. The molecule has 15 rings (SSSR count). The number of hydrogen-bond acceptors (Lipinski definition) is 26. The van der Waals surface area contributed by atoms with Gasteiger partial charge in [0, 0.05) is 0 Å². The molecular formula is C117H155NO26SSi3. The third kappa shape index (κ3) is 29.0. The summed E-state index contributed by atoms with van der Waals surface area (Å²) in [5.41, 5.74) is 7.08. The Morgan fingerprint density at radius 2 is 0.655 bits per heavy atom. The zero-order valence-electron chi connectivity index (χ0n) is 88.6. The largest absolute Gasteiger partial charge is 0.509 e. The molecule has 0 unspecified atom stereocenters. The van der Waals surface area contributed by atoms with Crippen molar-refractivity contribution in [1.82, 2.24) is 4.72 Å². The summed E-state index contributed by atoms with van der Waals surface area (Å²) in [5, 5.41) is 13.9. The van der Waals surface area contributed by atoms with Crippen molar-refractivity contribution < 1.29 is 122 Å². The molecule has 31 heteroatoms.